The maximum absolute atomic E-state index is 10.9. The van der Waals surface area contributed by atoms with Gasteiger partial charge in [-0.2, -0.15) is 0 Å². The van der Waals surface area contributed by atoms with E-state index in [1.807, 2.05) is 0 Å². The molecule has 0 unspecified atom stereocenters. The van der Waals surface area contributed by atoms with Gasteiger partial charge in [0.1, 0.15) is 5.75 Å². The van der Waals surface area contributed by atoms with Crippen LogP contribution in [0.1, 0.15) is 20.7 Å². The number of rotatable bonds is 4. The summed E-state index contributed by atoms with van der Waals surface area (Å²) in [4.78, 5) is 21.9. The molecule has 19 heavy (non-hydrogen) atoms. The van der Waals surface area contributed by atoms with Crippen molar-refractivity contribution in [2.24, 2.45) is 5.73 Å². The third-order valence-corrected chi connectivity index (χ3v) is 2.78. The van der Waals surface area contributed by atoms with Crippen LogP contribution < -0.4 is 10.5 Å². The van der Waals surface area contributed by atoms with Crippen LogP contribution in [0.2, 0.25) is 5.02 Å². The number of amides is 1. The number of carbonyl (C=O) groups is 2. The van der Waals surface area contributed by atoms with Crippen molar-refractivity contribution in [3.63, 3.8) is 0 Å². The highest BCUT2D eigenvalue weighted by molar-refractivity contribution is 6.32. The summed E-state index contributed by atoms with van der Waals surface area (Å²) in [5, 5.41) is 0.337. The fourth-order valence-electron chi connectivity index (χ4n) is 1.53. The number of aldehydes is 1. The molecule has 0 aliphatic heterocycles. The molecule has 4 nitrogen and oxygen atoms in total. The van der Waals surface area contributed by atoms with Crippen LogP contribution in [-0.2, 0) is 0 Å². The number of primary amides is 1. The SMILES string of the molecule is NC(=O)c1ccc(Oc2c(Cl)cccc2C=O)cc1. The number of halogens is 1. The van der Waals surface area contributed by atoms with Crippen LogP contribution in [-0.4, -0.2) is 12.2 Å². The van der Waals surface area contributed by atoms with E-state index < -0.39 is 5.91 Å². The van der Waals surface area contributed by atoms with Gasteiger partial charge in [0.15, 0.2) is 12.0 Å². The normalized spacial score (nSPS) is 9.95. The van der Waals surface area contributed by atoms with Crippen molar-refractivity contribution < 1.29 is 14.3 Å². The highest BCUT2D eigenvalue weighted by atomic mass is 35.5. The van der Waals surface area contributed by atoms with Crippen LogP contribution >= 0.6 is 11.6 Å². The largest absolute Gasteiger partial charge is 0.455 e. The summed E-state index contributed by atoms with van der Waals surface area (Å²) < 4.78 is 5.55. The standard InChI is InChI=1S/C14H10ClNO3/c15-12-3-1-2-10(8-17)13(12)19-11-6-4-9(5-7-11)14(16)18/h1-8H,(H2,16,18). The zero-order chi connectivity index (χ0) is 13.8. The molecule has 0 aliphatic rings. The highest BCUT2D eigenvalue weighted by Gasteiger charge is 2.09. The fourth-order valence-corrected chi connectivity index (χ4v) is 1.75. The van der Waals surface area contributed by atoms with Crippen LogP contribution in [0.25, 0.3) is 0 Å². The molecule has 1 amide bonds. The Labute approximate surface area is 114 Å². The van der Waals surface area contributed by atoms with Crippen molar-refractivity contribution in [3.8, 4) is 11.5 Å². The van der Waals surface area contributed by atoms with Crippen LogP contribution in [0.3, 0.4) is 0 Å². The maximum atomic E-state index is 10.9. The summed E-state index contributed by atoms with van der Waals surface area (Å²) in [5.41, 5.74) is 5.87. The first-order valence-electron chi connectivity index (χ1n) is 5.43. The molecule has 5 heteroatoms. The Morgan fingerprint density at radius 2 is 1.84 bits per heavy atom. The number of hydrogen-bond donors (Lipinski definition) is 1. The second-order valence-corrected chi connectivity index (χ2v) is 4.17. The minimum atomic E-state index is -0.516. The van der Waals surface area contributed by atoms with Gasteiger partial charge >= 0.3 is 0 Å². The van der Waals surface area contributed by atoms with E-state index in [1.54, 1.807) is 30.3 Å². The fraction of sp³-hybridized carbons (Fsp3) is 0. The minimum absolute atomic E-state index is 0.283. The molecule has 0 aromatic heterocycles. The Kier molecular flexibility index (Phi) is 3.82. The molecule has 2 aromatic rings. The summed E-state index contributed by atoms with van der Waals surface area (Å²) in [6.07, 6.45) is 0.666. The molecule has 2 rings (SSSR count). The van der Waals surface area contributed by atoms with Gasteiger partial charge in [-0.05, 0) is 36.4 Å². The molecular formula is C14H10ClNO3. The van der Waals surface area contributed by atoms with Crippen LogP contribution in [0.4, 0.5) is 0 Å². The summed E-state index contributed by atoms with van der Waals surface area (Å²) in [6, 6.07) is 11.1. The summed E-state index contributed by atoms with van der Waals surface area (Å²) in [5.74, 6) is 0.227. The van der Waals surface area contributed by atoms with E-state index in [4.69, 9.17) is 22.1 Å². The lowest BCUT2D eigenvalue weighted by Crippen LogP contribution is -2.10. The monoisotopic (exact) mass is 275 g/mol. The third-order valence-electron chi connectivity index (χ3n) is 2.48. The van der Waals surface area contributed by atoms with E-state index >= 15 is 0 Å². The zero-order valence-electron chi connectivity index (χ0n) is 9.80. The molecule has 96 valence electrons. The Morgan fingerprint density at radius 3 is 2.42 bits per heavy atom. The number of para-hydroxylation sites is 1. The number of carbonyl (C=O) groups excluding carboxylic acids is 2. The lowest BCUT2D eigenvalue weighted by Gasteiger charge is -2.09. The van der Waals surface area contributed by atoms with E-state index in [0.29, 0.717) is 28.2 Å². The van der Waals surface area contributed by atoms with Gasteiger partial charge in [0.25, 0.3) is 0 Å². The van der Waals surface area contributed by atoms with Crippen molar-refractivity contribution in [1.82, 2.24) is 0 Å². The van der Waals surface area contributed by atoms with Crippen molar-refractivity contribution >= 4 is 23.8 Å². The highest BCUT2D eigenvalue weighted by Crippen LogP contribution is 2.32. The Morgan fingerprint density at radius 1 is 1.16 bits per heavy atom. The first kappa shape index (κ1) is 13.1. The Bertz CT molecular complexity index is 623. The molecule has 0 atom stereocenters. The maximum Gasteiger partial charge on any atom is 0.248 e. The van der Waals surface area contributed by atoms with Crippen LogP contribution in [0.5, 0.6) is 11.5 Å². The van der Waals surface area contributed by atoms with Gasteiger partial charge in [0.2, 0.25) is 5.91 Å². The predicted octanol–water partition coefficient (Wildman–Crippen LogP) is 3.04. The van der Waals surface area contributed by atoms with Gasteiger partial charge in [0, 0.05) is 5.56 Å². The number of benzene rings is 2. The van der Waals surface area contributed by atoms with Crippen molar-refractivity contribution in [2.75, 3.05) is 0 Å². The molecule has 0 aliphatic carbocycles. The van der Waals surface area contributed by atoms with E-state index in [-0.39, 0.29) is 5.75 Å². The number of ether oxygens (including phenoxy) is 1. The van der Waals surface area contributed by atoms with Gasteiger partial charge in [-0.15, -0.1) is 0 Å². The number of hydrogen-bond acceptors (Lipinski definition) is 3. The Hall–Kier alpha value is -2.33. The molecule has 0 radical (unpaired) electrons. The molecule has 0 saturated heterocycles. The molecule has 2 N–H and O–H groups in total. The van der Waals surface area contributed by atoms with E-state index in [2.05, 4.69) is 0 Å². The minimum Gasteiger partial charge on any atom is -0.455 e. The van der Waals surface area contributed by atoms with Crippen LogP contribution in [0.15, 0.2) is 42.5 Å². The quantitative estimate of drug-likeness (QED) is 0.872. The van der Waals surface area contributed by atoms with E-state index in [1.165, 1.54) is 12.1 Å². The molecular weight excluding hydrogens is 266 g/mol. The van der Waals surface area contributed by atoms with Crippen molar-refractivity contribution in [2.45, 2.75) is 0 Å². The lowest BCUT2D eigenvalue weighted by molar-refractivity contribution is 0.1000. The first-order valence-corrected chi connectivity index (χ1v) is 5.81. The second-order valence-electron chi connectivity index (χ2n) is 3.77. The predicted molar refractivity (Wildman–Crippen MR) is 71.9 cm³/mol. The second kappa shape index (κ2) is 5.54. The number of nitrogens with two attached hydrogens (primary N) is 1. The zero-order valence-corrected chi connectivity index (χ0v) is 10.6. The van der Waals surface area contributed by atoms with E-state index in [0.717, 1.165) is 0 Å². The van der Waals surface area contributed by atoms with Gasteiger partial charge in [-0.1, -0.05) is 17.7 Å². The van der Waals surface area contributed by atoms with Crippen LogP contribution in [0, 0.1) is 0 Å². The average Bonchev–Trinajstić information content (AvgIpc) is 2.41. The summed E-state index contributed by atoms with van der Waals surface area (Å²) in [6.45, 7) is 0. The van der Waals surface area contributed by atoms with Gasteiger partial charge < -0.3 is 10.5 Å². The van der Waals surface area contributed by atoms with Gasteiger partial charge in [-0.25, -0.2) is 0 Å². The third kappa shape index (κ3) is 2.92. The molecule has 0 heterocycles. The lowest BCUT2D eigenvalue weighted by atomic mass is 10.2. The van der Waals surface area contributed by atoms with Crippen molar-refractivity contribution in [3.05, 3.63) is 58.6 Å². The van der Waals surface area contributed by atoms with Crippen molar-refractivity contribution in [1.29, 1.82) is 0 Å². The molecule has 0 spiro atoms. The Balaban J connectivity index is 2.31. The van der Waals surface area contributed by atoms with E-state index in [9.17, 15) is 9.59 Å². The topological polar surface area (TPSA) is 69.4 Å². The smallest absolute Gasteiger partial charge is 0.248 e. The average molecular weight is 276 g/mol. The molecule has 0 saturated carbocycles. The summed E-state index contributed by atoms with van der Waals surface area (Å²) >= 11 is 5.98. The van der Waals surface area contributed by atoms with Gasteiger partial charge in [0.05, 0.1) is 10.6 Å². The summed E-state index contributed by atoms with van der Waals surface area (Å²) in [7, 11) is 0. The molecule has 2 aromatic carbocycles. The first-order chi connectivity index (χ1) is 9.11. The molecule has 0 fully saturated rings. The molecule has 0 bridgehead atoms. The van der Waals surface area contributed by atoms with Gasteiger partial charge in [-0.3, -0.25) is 9.59 Å².